The molecule has 3 nitrogen and oxygen atoms in total. The van der Waals surface area contributed by atoms with Crippen LogP contribution in [0.3, 0.4) is 0 Å². The summed E-state index contributed by atoms with van der Waals surface area (Å²) in [6, 6.07) is 7.52. The molecule has 0 spiro atoms. The molecule has 2 rings (SSSR count). The lowest BCUT2D eigenvalue weighted by molar-refractivity contribution is 0.368. The molecule has 0 saturated carbocycles. The Labute approximate surface area is 101 Å². The van der Waals surface area contributed by atoms with E-state index in [-0.39, 0.29) is 11.1 Å². The molecular formula is C14H18N2O. The lowest BCUT2D eigenvalue weighted by Crippen LogP contribution is -2.37. The van der Waals surface area contributed by atoms with Crippen molar-refractivity contribution in [2.24, 2.45) is 0 Å². The van der Waals surface area contributed by atoms with Crippen LogP contribution in [0.2, 0.25) is 0 Å². The van der Waals surface area contributed by atoms with Gasteiger partial charge in [0, 0.05) is 12.0 Å². The normalized spacial score (nSPS) is 12.0. The number of para-hydroxylation sites is 1. The first-order valence-electron chi connectivity index (χ1n) is 5.96. The Balaban J connectivity index is 2.92. The molecule has 1 aromatic carbocycles. The van der Waals surface area contributed by atoms with Gasteiger partial charge in [-0.1, -0.05) is 19.1 Å². The fourth-order valence-corrected chi connectivity index (χ4v) is 2.11. The molecular weight excluding hydrogens is 212 g/mol. The van der Waals surface area contributed by atoms with E-state index in [1.54, 1.807) is 4.57 Å². The van der Waals surface area contributed by atoms with Gasteiger partial charge in [-0.05, 0) is 32.9 Å². The molecule has 0 unspecified atom stereocenters. The Morgan fingerprint density at radius 2 is 1.88 bits per heavy atom. The lowest BCUT2D eigenvalue weighted by Gasteiger charge is -2.25. The van der Waals surface area contributed by atoms with E-state index >= 15 is 0 Å². The molecule has 0 N–H and O–H groups in total. The Morgan fingerprint density at radius 1 is 1.24 bits per heavy atom. The van der Waals surface area contributed by atoms with E-state index in [9.17, 15) is 4.79 Å². The van der Waals surface area contributed by atoms with Crippen LogP contribution in [0, 0.1) is 0 Å². The summed E-state index contributed by atoms with van der Waals surface area (Å²) in [6.07, 6.45) is 0.761. The average Bonchev–Trinajstić information content (AvgIpc) is 2.27. The largest absolute Gasteiger partial charge is 0.291 e. The van der Waals surface area contributed by atoms with E-state index in [1.807, 2.05) is 52.0 Å². The van der Waals surface area contributed by atoms with Crippen molar-refractivity contribution in [1.29, 1.82) is 0 Å². The van der Waals surface area contributed by atoms with Crippen molar-refractivity contribution >= 4 is 10.9 Å². The predicted molar refractivity (Wildman–Crippen MR) is 70.4 cm³/mol. The number of benzene rings is 1. The molecule has 0 amide bonds. The van der Waals surface area contributed by atoms with E-state index in [2.05, 4.69) is 4.98 Å². The highest BCUT2D eigenvalue weighted by atomic mass is 16.1. The molecule has 3 heteroatoms. The first-order chi connectivity index (χ1) is 7.95. The summed E-state index contributed by atoms with van der Waals surface area (Å²) in [4.78, 5) is 17.1. The third-order valence-corrected chi connectivity index (χ3v) is 2.83. The van der Waals surface area contributed by atoms with Crippen molar-refractivity contribution in [1.82, 2.24) is 9.55 Å². The summed E-state index contributed by atoms with van der Waals surface area (Å²) in [7, 11) is 0. The van der Waals surface area contributed by atoms with Gasteiger partial charge in [0.15, 0.2) is 0 Å². The molecule has 0 fully saturated rings. The van der Waals surface area contributed by atoms with Gasteiger partial charge in [-0.2, -0.15) is 0 Å². The summed E-state index contributed by atoms with van der Waals surface area (Å²) in [5.41, 5.74) is 0.606. The lowest BCUT2D eigenvalue weighted by atomic mass is 10.1. The van der Waals surface area contributed by atoms with Crippen molar-refractivity contribution in [2.45, 2.75) is 39.7 Å². The van der Waals surface area contributed by atoms with Crippen molar-refractivity contribution < 1.29 is 0 Å². The van der Waals surface area contributed by atoms with Crippen LogP contribution < -0.4 is 5.56 Å². The monoisotopic (exact) mass is 230 g/mol. The zero-order valence-electron chi connectivity index (χ0n) is 10.8. The topological polar surface area (TPSA) is 34.9 Å². The standard InChI is InChI=1S/C14H18N2O/c1-5-12-15-11-9-7-6-8-10(11)13(17)16(12)14(2,3)4/h6-9H,5H2,1-4H3. The molecule has 1 heterocycles. The molecule has 0 saturated heterocycles. The zero-order valence-corrected chi connectivity index (χ0v) is 10.8. The maximum atomic E-state index is 12.5. The van der Waals surface area contributed by atoms with Crippen LogP contribution in [-0.4, -0.2) is 9.55 Å². The minimum Gasteiger partial charge on any atom is -0.291 e. The van der Waals surface area contributed by atoms with Crippen LogP contribution in [0.1, 0.15) is 33.5 Å². The van der Waals surface area contributed by atoms with Crippen LogP contribution in [-0.2, 0) is 12.0 Å². The smallest absolute Gasteiger partial charge is 0.261 e. The summed E-state index contributed by atoms with van der Waals surface area (Å²) in [5.74, 6) is 0.848. The second kappa shape index (κ2) is 3.99. The van der Waals surface area contributed by atoms with Crippen LogP contribution in [0.15, 0.2) is 29.1 Å². The number of aryl methyl sites for hydroxylation is 1. The Hall–Kier alpha value is -1.64. The average molecular weight is 230 g/mol. The number of rotatable bonds is 1. The molecule has 90 valence electrons. The molecule has 0 aliphatic heterocycles. The summed E-state index contributed by atoms with van der Waals surface area (Å²) >= 11 is 0. The second-order valence-corrected chi connectivity index (χ2v) is 5.21. The van der Waals surface area contributed by atoms with Crippen LogP contribution >= 0.6 is 0 Å². The van der Waals surface area contributed by atoms with Crippen molar-refractivity contribution in [3.8, 4) is 0 Å². The maximum absolute atomic E-state index is 12.5. The van der Waals surface area contributed by atoms with Gasteiger partial charge in [-0.3, -0.25) is 9.36 Å². The van der Waals surface area contributed by atoms with Crippen LogP contribution in [0.25, 0.3) is 10.9 Å². The van der Waals surface area contributed by atoms with Crippen molar-refractivity contribution in [3.63, 3.8) is 0 Å². The number of fused-ring (bicyclic) bond motifs is 1. The van der Waals surface area contributed by atoms with Gasteiger partial charge in [0.1, 0.15) is 5.82 Å². The quantitative estimate of drug-likeness (QED) is 0.755. The second-order valence-electron chi connectivity index (χ2n) is 5.21. The fourth-order valence-electron chi connectivity index (χ4n) is 2.11. The first-order valence-corrected chi connectivity index (χ1v) is 5.96. The van der Waals surface area contributed by atoms with E-state index in [1.165, 1.54) is 0 Å². The number of aromatic nitrogens is 2. The first kappa shape index (κ1) is 11.8. The molecule has 0 atom stereocenters. The van der Waals surface area contributed by atoms with Crippen molar-refractivity contribution in [3.05, 3.63) is 40.4 Å². The summed E-state index contributed by atoms with van der Waals surface area (Å²) in [6.45, 7) is 8.12. The molecule has 2 aromatic rings. The fraction of sp³-hybridized carbons (Fsp3) is 0.429. The van der Waals surface area contributed by atoms with Gasteiger partial charge >= 0.3 is 0 Å². The Bertz CT molecular complexity index is 606. The van der Waals surface area contributed by atoms with E-state index in [0.29, 0.717) is 5.39 Å². The third-order valence-electron chi connectivity index (χ3n) is 2.83. The van der Waals surface area contributed by atoms with E-state index in [4.69, 9.17) is 0 Å². The number of nitrogens with zero attached hydrogens (tertiary/aromatic N) is 2. The highest BCUT2D eigenvalue weighted by molar-refractivity contribution is 5.77. The zero-order chi connectivity index (χ0) is 12.6. The van der Waals surface area contributed by atoms with Gasteiger partial charge in [0.2, 0.25) is 0 Å². The van der Waals surface area contributed by atoms with E-state index < -0.39 is 0 Å². The molecule has 1 aromatic heterocycles. The molecule has 0 aliphatic rings. The predicted octanol–water partition coefficient (Wildman–Crippen LogP) is 2.71. The highest BCUT2D eigenvalue weighted by Gasteiger charge is 2.20. The van der Waals surface area contributed by atoms with Crippen LogP contribution in [0.5, 0.6) is 0 Å². The number of hydrogen-bond acceptors (Lipinski definition) is 2. The molecule has 0 radical (unpaired) electrons. The van der Waals surface area contributed by atoms with Gasteiger partial charge in [0.05, 0.1) is 10.9 Å². The molecule has 0 aliphatic carbocycles. The summed E-state index contributed by atoms with van der Waals surface area (Å²) < 4.78 is 1.80. The summed E-state index contributed by atoms with van der Waals surface area (Å²) in [5, 5.41) is 0.694. The minimum atomic E-state index is -0.237. The third kappa shape index (κ3) is 1.97. The SMILES string of the molecule is CCc1nc2ccccc2c(=O)n1C(C)(C)C. The van der Waals surface area contributed by atoms with Crippen LogP contribution in [0.4, 0.5) is 0 Å². The van der Waals surface area contributed by atoms with Gasteiger partial charge < -0.3 is 0 Å². The maximum Gasteiger partial charge on any atom is 0.261 e. The minimum absolute atomic E-state index is 0.0555. The van der Waals surface area contributed by atoms with Gasteiger partial charge in [-0.25, -0.2) is 4.98 Å². The van der Waals surface area contributed by atoms with E-state index in [0.717, 1.165) is 17.8 Å². The molecule has 17 heavy (non-hydrogen) atoms. The molecule has 0 bridgehead atoms. The van der Waals surface area contributed by atoms with Gasteiger partial charge in [-0.15, -0.1) is 0 Å². The highest BCUT2D eigenvalue weighted by Crippen LogP contribution is 2.16. The number of hydrogen-bond donors (Lipinski definition) is 0. The Morgan fingerprint density at radius 3 is 2.47 bits per heavy atom. The van der Waals surface area contributed by atoms with Gasteiger partial charge in [0.25, 0.3) is 5.56 Å². The Kier molecular flexibility index (Phi) is 2.77. The van der Waals surface area contributed by atoms with Crippen molar-refractivity contribution in [2.75, 3.05) is 0 Å².